The van der Waals surface area contributed by atoms with Crippen LogP contribution in [0.15, 0.2) is 70.6 Å². The van der Waals surface area contributed by atoms with E-state index in [0.717, 1.165) is 11.3 Å². The second-order valence-corrected chi connectivity index (χ2v) is 6.50. The highest BCUT2D eigenvalue weighted by atomic mass is 35.5. The molecule has 0 unspecified atom stereocenters. The molecule has 0 saturated heterocycles. The van der Waals surface area contributed by atoms with Crippen molar-refractivity contribution in [1.29, 1.82) is 0 Å². The van der Waals surface area contributed by atoms with Gasteiger partial charge in [0.2, 0.25) is 16.9 Å². The number of thioether (sulfide) groups is 1. The monoisotopic (exact) mass is 369 g/mol. The van der Waals surface area contributed by atoms with Gasteiger partial charge in [0.15, 0.2) is 0 Å². The van der Waals surface area contributed by atoms with Gasteiger partial charge in [-0.1, -0.05) is 58.9 Å². The van der Waals surface area contributed by atoms with E-state index in [9.17, 15) is 0 Å². The van der Waals surface area contributed by atoms with Gasteiger partial charge in [0.25, 0.3) is 0 Å². The summed E-state index contributed by atoms with van der Waals surface area (Å²) in [4.78, 5) is 8.67. The van der Waals surface area contributed by atoms with Gasteiger partial charge in [0.1, 0.15) is 6.33 Å². The van der Waals surface area contributed by atoms with Gasteiger partial charge in [-0.25, -0.2) is 9.67 Å². The largest absolute Gasteiger partial charge is 0.338 e. The van der Waals surface area contributed by atoms with E-state index in [1.165, 1.54) is 11.8 Å². The summed E-state index contributed by atoms with van der Waals surface area (Å²) < 4.78 is 7.01. The molecule has 8 heteroatoms. The minimum Gasteiger partial charge on any atom is -0.338 e. The third kappa shape index (κ3) is 3.72. The van der Waals surface area contributed by atoms with E-state index < -0.39 is 0 Å². The number of para-hydroxylation sites is 1. The van der Waals surface area contributed by atoms with Crippen molar-refractivity contribution in [3.63, 3.8) is 0 Å². The van der Waals surface area contributed by atoms with Crippen LogP contribution in [0.3, 0.4) is 0 Å². The van der Waals surface area contributed by atoms with E-state index in [-0.39, 0.29) is 0 Å². The van der Waals surface area contributed by atoms with Crippen molar-refractivity contribution in [2.24, 2.45) is 0 Å². The second-order valence-electron chi connectivity index (χ2n) is 5.12. The Morgan fingerprint density at radius 1 is 1.08 bits per heavy atom. The van der Waals surface area contributed by atoms with Crippen LogP contribution in [0.5, 0.6) is 0 Å². The first kappa shape index (κ1) is 15.9. The molecule has 4 rings (SSSR count). The molecule has 0 aliphatic carbocycles. The summed E-state index contributed by atoms with van der Waals surface area (Å²) in [6, 6.07) is 17.2. The van der Waals surface area contributed by atoms with Gasteiger partial charge < -0.3 is 4.52 Å². The molecule has 0 radical (unpaired) electrons. The van der Waals surface area contributed by atoms with Crippen molar-refractivity contribution in [2.75, 3.05) is 0 Å². The predicted molar refractivity (Wildman–Crippen MR) is 95.7 cm³/mol. The first-order valence-electron chi connectivity index (χ1n) is 7.46. The number of nitrogens with zero attached hydrogens (tertiary/aromatic N) is 5. The highest BCUT2D eigenvalue weighted by molar-refractivity contribution is 7.98. The average molecular weight is 370 g/mol. The fourth-order valence-corrected chi connectivity index (χ4v) is 3.03. The predicted octanol–water partition coefficient (Wildman–Crippen LogP) is 4.26. The summed E-state index contributed by atoms with van der Waals surface area (Å²) in [6.07, 6.45) is 1.68. The number of aromatic nitrogens is 5. The number of hydrogen-bond donors (Lipinski definition) is 0. The molecule has 124 valence electrons. The van der Waals surface area contributed by atoms with Crippen LogP contribution in [0.1, 0.15) is 5.89 Å². The lowest BCUT2D eigenvalue weighted by Crippen LogP contribution is -1.93. The zero-order valence-electron chi connectivity index (χ0n) is 12.9. The third-order valence-electron chi connectivity index (χ3n) is 3.37. The second kappa shape index (κ2) is 7.08. The molecule has 2 aromatic heterocycles. The van der Waals surface area contributed by atoms with Gasteiger partial charge in [0.05, 0.1) is 11.4 Å². The highest BCUT2D eigenvalue weighted by Gasteiger charge is 2.11. The molecule has 0 saturated carbocycles. The van der Waals surface area contributed by atoms with Crippen LogP contribution in [0, 0.1) is 0 Å². The van der Waals surface area contributed by atoms with E-state index in [1.807, 2.05) is 42.5 Å². The summed E-state index contributed by atoms with van der Waals surface area (Å²) in [5, 5.41) is 9.70. The van der Waals surface area contributed by atoms with Crippen LogP contribution in [-0.2, 0) is 5.75 Å². The zero-order valence-corrected chi connectivity index (χ0v) is 14.5. The van der Waals surface area contributed by atoms with Gasteiger partial charge in [-0.15, -0.1) is 5.10 Å². The summed E-state index contributed by atoms with van der Waals surface area (Å²) >= 11 is 7.42. The van der Waals surface area contributed by atoms with Gasteiger partial charge in [-0.3, -0.25) is 0 Å². The van der Waals surface area contributed by atoms with E-state index in [2.05, 4.69) is 20.2 Å². The lowest BCUT2D eigenvalue weighted by Gasteiger charge is -1.97. The van der Waals surface area contributed by atoms with E-state index in [1.54, 1.807) is 23.1 Å². The van der Waals surface area contributed by atoms with Crippen molar-refractivity contribution in [3.05, 3.63) is 71.8 Å². The smallest absolute Gasteiger partial charge is 0.237 e. The van der Waals surface area contributed by atoms with E-state index in [0.29, 0.717) is 27.6 Å². The van der Waals surface area contributed by atoms with Crippen LogP contribution >= 0.6 is 23.4 Å². The Bertz CT molecular complexity index is 985. The quantitative estimate of drug-likeness (QED) is 0.489. The molecule has 0 fully saturated rings. The van der Waals surface area contributed by atoms with Crippen molar-refractivity contribution in [2.45, 2.75) is 10.9 Å². The average Bonchev–Trinajstić information content (AvgIpc) is 3.30. The minimum atomic E-state index is 0.492. The number of halogens is 1. The fourth-order valence-electron chi connectivity index (χ4n) is 2.20. The van der Waals surface area contributed by atoms with Crippen LogP contribution in [-0.4, -0.2) is 24.9 Å². The molecule has 2 aromatic carbocycles. The Kier molecular flexibility index (Phi) is 4.49. The molecule has 0 aliphatic rings. The molecule has 0 spiro atoms. The minimum absolute atomic E-state index is 0.492. The molecule has 6 nitrogen and oxygen atoms in total. The van der Waals surface area contributed by atoms with Crippen LogP contribution < -0.4 is 0 Å². The molecule has 25 heavy (non-hydrogen) atoms. The standard InChI is InChI=1S/C17H12ClN5OS/c18-13-6-4-5-12(9-13)16-20-15(24-22-16)10-25-17-19-11-23(21-17)14-7-2-1-3-8-14/h1-9,11H,10H2. The summed E-state index contributed by atoms with van der Waals surface area (Å²) in [7, 11) is 0. The molecule has 2 heterocycles. The molecule has 0 amide bonds. The molecule has 0 aliphatic heterocycles. The van der Waals surface area contributed by atoms with E-state index in [4.69, 9.17) is 16.1 Å². The Labute approximate surface area is 152 Å². The topological polar surface area (TPSA) is 69.6 Å². The van der Waals surface area contributed by atoms with E-state index >= 15 is 0 Å². The molecule has 4 aromatic rings. The lowest BCUT2D eigenvalue weighted by molar-refractivity contribution is 0.391. The van der Waals surface area contributed by atoms with Gasteiger partial charge in [0, 0.05) is 10.6 Å². The normalized spacial score (nSPS) is 10.9. The molecule has 0 N–H and O–H groups in total. The maximum absolute atomic E-state index is 5.99. The Balaban J connectivity index is 1.43. The molecule has 0 atom stereocenters. The highest BCUT2D eigenvalue weighted by Crippen LogP contribution is 2.23. The Morgan fingerprint density at radius 2 is 1.96 bits per heavy atom. The number of rotatable bonds is 5. The molecule has 0 bridgehead atoms. The van der Waals surface area contributed by atoms with Crippen molar-refractivity contribution < 1.29 is 4.52 Å². The lowest BCUT2D eigenvalue weighted by atomic mass is 10.2. The summed E-state index contributed by atoms with van der Waals surface area (Å²) in [5.74, 6) is 1.52. The molecular weight excluding hydrogens is 358 g/mol. The van der Waals surface area contributed by atoms with Gasteiger partial charge in [-0.05, 0) is 24.3 Å². The summed E-state index contributed by atoms with van der Waals surface area (Å²) in [5.41, 5.74) is 1.78. The van der Waals surface area contributed by atoms with Crippen molar-refractivity contribution in [1.82, 2.24) is 24.9 Å². The molecular formula is C17H12ClN5OS. The fraction of sp³-hybridized carbons (Fsp3) is 0.0588. The maximum atomic E-state index is 5.99. The number of benzene rings is 2. The first-order chi connectivity index (χ1) is 12.3. The first-order valence-corrected chi connectivity index (χ1v) is 8.83. The third-order valence-corrected chi connectivity index (χ3v) is 4.44. The SMILES string of the molecule is Clc1cccc(-c2noc(CSc3ncn(-c4ccccc4)n3)n2)c1. The van der Waals surface area contributed by atoms with Crippen LogP contribution in [0.2, 0.25) is 5.02 Å². The number of hydrogen-bond acceptors (Lipinski definition) is 6. The van der Waals surface area contributed by atoms with Crippen LogP contribution in [0.25, 0.3) is 17.1 Å². The maximum Gasteiger partial charge on any atom is 0.237 e. The van der Waals surface area contributed by atoms with Gasteiger partial charge >= 0.3 is 0 Å². The Hall–Kier alpha value is -2.64. The summed E-state index contributed by atoms with van der Waals surface area (Å²) in [6.45, 7) is 0. The van der Waals surface area contributed by atoms with Crippen molar-refractivity contribution in [3.8, 4) is 17.1 Å². The zero-order chi connectivity index (χ0) is 17.1. The van der Waals surface area contributed by atoms with Crippen molar-refractivity contribution >= 4 is 23.4 Å². The Morgan fingerprint density at radius 3 is 2.80 bits per heavy atom. The van der Waals surface area contributed by atoms with Crippen LogP contribution in [0.4, 0.5) is 0 Å². The van der Waals surface area contributed by atoms with Gasteiger partial charge in [-0.2, -0.15) is 4.98 Å².